The summed E-state index contributed by atoms with van der Waals surface area (Å²) in [4.78, 5) is 13.4. The molecule has 0 aromatic rings. The lowest BCUT2D eigenvalue weighted by molar-refractivity contribution is -0.379. The molecule has 94 heavy (non-hydrogen) atoms. The number of aliphatic hydroxyl groups is 11. The molecule has 1 amide bonds. The molecule has 3 heterocycles. The third-order valence-corrected chi connectivity index (χ3v) is 19.2. The predicted octanol–water partition coefficient (Wildman–Crippen LogP) is 11.6. The number of aliphatic hydroxyl groups excluding tert-OH is 11. The summed E-state index contributed by atoms with van der Waals surface area (Å²) in [5, 5.41) is 121. The van der Waals surface area contributed by atoms with Crippen LogP contribution in [0.3, 0.4) is 0 Å². The highest BCUT2D eigenvalue weighted by Gasteiger charge is 2.53. The lowest BCUT2D eigenvalue weighted by atomic mass is 9.96. The largest absolute Gasteiger partial charge is 0.394 e. The third-order valence-electron chi connectivity index (χ3n) is 19.2. The Morgan fingerprint density at radius 2 is 0.681 bits per heavy atom. The zero-order valence-corrected chi connectivity index (χ0v) is 58.7. The van der Waals surface area contributed by atoms with Crippen LogP contribution in [-0.2, 0) is 33.2 Å². The molecule has 0 aromatic heterocycles. The topological polar surface area (TPSA) is 307 Å². The van der Waals surface area contributed by atoms with Gasteiger partial charge in [-0.15, -0.1) is 0 Å². The first-order valence-electron chi connectivity index (χ1n) is 38.2. The van der Waals surface area contributed by atoms with Crippen molar-refractivity contribution in [2.45, 2.75) is 407 Å². The second kappa shape index (κ2) is 56.7. The normalized spacial score (nSPS) is 27.5. The monoisotopic (exact) mass is 1340 g/mol. The van der Waals surface area contributed by atoms with E-state index in [0.717, 1.165) is 44.9 Å². The van der Waals surface area contributed by atoms with Crippen molar-refractivity contribution in [3.8, 4) is 0 Å². The number of carbonyl (C=O) groups excluding carboxylic acids is 1. The molecular formula is C75H139NO18. The van der Waals surface area contributed by atoms with Gasteiger partial charge in [0.25, 0.3) is 0 Å². The van der Waals surface area contributed by atoms with Crippen molar-refractivity contribution in [2.24, 2.45) is 0 Å². The van der Waals surface area contributed by atoms with Crippen molar-refractivity contribution in [3.05, 3.63) is 36.5 Å². The molecule has 17 atom stereocenters. The van der Waals surface area contributed by atoms with Gasteiger partial charge in [0.05, 0.1) is 38.6 Å². The quantitative estimate of drug-likeness (QED) is 0.0199. The third kappa shape index (κ3) is 37.4. The van der Waals surface area contributed by atoms with Crippen LogP contribution in [0.5, 0.6) is 0 Å². The molecule has 0 bridgehead atoms. The molecule has 12 N–H and O–H groups in total. The van der Waals surface area contributed by atoms with Gasteiger partial charge >= 0.3 is 0 Å². The Labute approximate surface area is 568 Å². The van der Waals surface area contributed by atoms with Crippen LogP contribution in [0.25, 0.3) is 0 Å². The standard InChI is InChI=1S/C75H139NO18/c1-3-5-7-9-11-13-15-17-19-21-22-23-24-25-26-27-28-29-30-31-32-33-34-35-37-39-41-43-45-47-49-51-53-63(81)76-58(59(80)52-50-48-46-44-42-40-38-36-20-18-16-14-12-10-8-6-4-2)57-89-73-69(87)66(84)71(61(55-78)91-73)94-75-70(88)67(85)72(62(56-79)92-75)93-74-68(86)65(83)64(82)60(54-77)90-74/h20,36,42,44,50,52,58-62,64-75,77-80,82-88H,3-19,21-35,37-41,43,45-49,51,53-57H2,1-2H3,(H,76,81)/b36-20+,44-42+,52-50+. The Morgan fingerprint density at radius 1 is 0.372 bits per heavy atom. The summed E-state index contributed by atoms with van der Waals surface area (Å²) in [6.45, 7) is 1.73. The van der Waals surface area contributed by atoms with Crippen molar-refractivity contribution in [3.63, 3.8) is 0 Å². The Hall–Kier alpha value is -1.99. The number of unbranched alkanes of at least 4 members (excludes halogenated alkanes) is 40. The number of hydrogen-bond donors (Lipinski definition) is 12. The van der Waals surface area contributed by atoms with Crippen molar-refractivity contribution in [1.29, 1.82) is 0 Å². The van der Waals surface area contributed by atoms with Crippen molar-refractivity contribution < 1.29 is 89.4 Å². The Balaban J connectivity index is 1.37. The number of allylic oxidation sites excluding steroid dienone is 5. The summed E-state index contributed by atoms with van der Waals surface area (Å²) >= 11 is 0. The van der Waals surface area contributed by atoms with Gasteiger partial charge in [-0.3, -0.25) is 4.79 Å². The van der Waals surface area contributed by atoms with Gasteiger partial charge in [0.15, 0.2) is 18.9 Å². The van der Waals surface area contributed by atoms with Gasteiger partial charge in [-0.2, -0.15) is 0 Å². The summed E-state index contributed by atoms with van der Waals surface area (Å²) in [5.41, 5.74) is 0. The summed E-state index contributed by atoms with van der Waals surface area (Å²) < 4.78 is 34.4. The van der Waals surface area contributed by atoms with Crippen LogP contribution < -0.4 is 5.32 Å². The number of hydrogen-bond acceptors (Lipinski definition) is 18. The van der Waals surface area contributed by atoms with Gasteiger partial charge in [0.1, 0.15) is 73.2 Å². The Bertz CT molecular complexity index is 1840. The van der Waals surface area contributed by atoms with Gasteiger partial charge in [-0.05, 0) is 44.9 Å². The van der Waals surface area contributed by atoms with E-state index in [9.17, 15) is 61.0 Å². The molecule has 17 unspecified atom stereocenters. The van der Waals surface area contributed by atoms with Gasteiger partial charge in [0, 0.05) is 6.42 Å². The summed E-state index contributed by atoms with van der Waals surface area (Å²) in [6, 6.07) is -0.995. The molecule has 0 saturated carbocycles. The molecule has 0 aliphatic carbocycles. The predicted molar refractivity (Wildman–Crippen MR) is 369 cm³/mol. The van der Waals surface area contributed by atoms with Crippen LogP contribution in [0.15, 0.2) is 36.5 Å². The van der Waals surface area contributed by atoms with Crippen LogP contribution in [0, 0.1) is 0 Å². The summed E-state index contributed by atoms with van der Waals surface area (Å²) in [6.07, 6.45) is 41.5. The van der Waals surface area contributed by atoms with E-state index in [4.69, 9.17) is 28.4 Å². The first-order chi connectivity index (χ1) is 45.8. The van der Waals surface area contributed by atoms with Crippen LogP contribution >= 0.6 is 0 Å². The number of carbonyl (C=O) groups is 1. The molecule has 3 fully saturated rings. The van der Waals surface area contributed by atoms with Gasteiger partial charge in [-0.25, -0.2) is 0 Å². The summed E-state index contributed by atoms with van der Waals surface area (Å²) in [7, 11) is 0. The zero-order chi connectivity index (χ0) is 68.2. The molecule has 0 spiro atoms. The molecule has 0 radical (unpaired) electrons. The molecule has 3 saturated heterocycles. The molecule has 552 valence electrons. The maximum Gasteiger partial charge on any atom is 0.220 e. The average molecular weight is 1340 g/mol. The smallest absolute Gasteiger partial charge is 0.220 e. The van der Waals surface area contributed by atoms with E-state index < -0.39 is 124 Å². The van der Waals surface area contributed by atoms with E-state index in [1.165, 1.54) is 225 Å². The number of amides is 1. The number of nitrogens with one attached hydrogen (secondary N) is 1. The zero-order valence-electron chi connectivity index (χ0n) is 58.7. The molecule has 3 aliphatic heterocycles. The maximum atomic E-state index is 13.4. The summed E-state index contributed by atoms with van der Waals surface area (Å²) in [5.74, 6) is -0.284. The minimum absolute atomic E-state index is 0.236. The van der Waals surface area contributed by atoms with Crippen LogP contribution in [-0.4, -0.2) is 193 Å². The SMILES string of the molecule is CCCCCCCCC/C=C/CC/C=C/CC/C=C/C(O)C(COC1OC(CO)C(OC2OC(CO)C(OC3OC(CO)C(O)C(O)C3O)C(O)C2O)C(O)C1O)NC(=O)CCCCCCCCCCCCCCCCCCCCCCCCCCCCCCCCCC. The fourth-order valence-corrected chi connectivity index (χ4v) is 13.0. The average Bonchev–Trinajstić information content (AvgIpc) is 0.787. The first-order valence-corrected chi connectivity index (χ1v) is 38.2. The van der Waals surface area contributed by atoms with Gasteiger partial charge in [0.2, 0.25) is 5.91 Å². The van der Waals surface area contributed by atoms with Gasteiger partial charge in [-0.1, -0.05) is 288 Å². The minimum atomic E-state index is -1.98. The minimum Gasteiger partial charge on any atom is -0.394 e. The molecule has 3 aliphatic rings. The fraction of sp³-hybridized carbons (Fsp3) is 0.907. The van der Waals surface area contributed by atoms with Crippen LogP contribution in [0.4, 0.5) is 0 Å². The van der Waals surface area contributed by atoms with E-state index in [0.29, 0.717) is 12.8 Å². The molecule has 3 rings (SSSR count). The highest BCUT2D eigenvalue weighted by molar-refractivity contribution is 5.76. The van der Waals surface area contributed by atoms with E-state index in [-0.39, 0.29) is 18.9 Å². The Morgan fingerprint density at radius 3 is 1.06 bits per heavy atom. The van der Waals surface area contributed by atoms with E-state index >= 15 is 0 Å². The number of ether oxygens (including phenoxy) is 6. The van der Waals surface area contributed by atoms with Crippen molar-refractivity contribution in [2.75, 3.05) is 26.4 Å². The lowest BCUT2D eigenvalue weighted by Gasteiger charge is -2.48. The molecule has 0 aromatic carbocycles. The van der Waals surface area contributed by atoms with E-state index in [1.807, 2.05) is 6.08 Å². The molecule has 19 heteroatoms. The first kappa shape index (κ1) is 86.2. The maximum absolute atomic E-state index is 13.4. The van der Waals surface area contributed by atoms with E-state index in [1.54, 1.807) is 6.08 Å². The van der Waals surface area contributed by atoms with E-state index in [2.05, 4.69) is 43.5 Å². The Kier molecular flexibility index (Phi) is 52.0. The van der Waals surface area contributed by atoms with Crippen molar-refractivity contribution >= 4 is 5.91 Å². The fourth-order valence-electron chi connectivity index (χ4n) is 13.0. The van der Waals surface area contributed by atoms with Gasteiger partial charge < -0.3 is 89.9 Å². The molecule has 19 nitrogen and oxygen atoms in total. The number of rotatable bonds is 60. The lowest BCUT2D eigenvalue weighted by Crippen LogP contribution is -2.66. The second-order valence-corrected chi connectivity index (χ2v) is 27.5. The highest BCUT2D eigenvalue weighted by Crippen LogP contribution is 2.33. The van der Waals surface area contributed by atoms with Crippen LogP contribution in [0.1, 0.15) is 303 Å². The highest BCUT2D eigenvalue weighted by atomic mass is 16.8. The molecular weight excluding hydrogens is 1200 g/mol. The van der Waals surface area contributed by atoms with Crippen molar-refractivity contribution in [1.82, 2.24) is 5.32 Å². The van der Waals surface area contributed by atoms with Crippen LogP contribution in [0.2, 0.25) is 0 Å². The second-order valence-electron chi connectivity index (χ2n) is 27.5.